The lowest BCUT2D eigenvalue weighted by molar-refractivity contribution is -0.0328. The normalized spacial score (nSPS) is 11.4. The summed E-state index contributed by atoms with van der Waals surface area (Å²) < 4.78 is 40.7. The third-order valence-corrected chi connectivity index (χ3v) is 4.19. The van der Waals surface area contributed by atoms with Gasteiger partial charge in [-0.05, 0) is 48.4 Å². The summed E-state index contributed by atoms with van der Waals surface area (Å²) in [6, 6.07) is 5.98. The lowest BCUT2D eigenvalue weighted by Crippen LogP contribution is -2.10. The molecule has 2 aromatic rings. The van der Waals surface area contributed by atoms with Crippen molar-refractivity contribution >= 4 is 46.2 Å². The first-order valence-corrected chi connectivity index (χ1v) is 7.31. The van der Waals surface area contributed by atoms with Crippen LogP contribution in [-0.4, -0.2) is 20.1 Å². The number of anilines is 1. The number of nitrogens with one attached hydrogen (secondary N) is 1. The molecule has 0 aliphatic heterocycles. The van der Waals surface area contributed by atoms with Gasteiger partial charge in [-0.3, -0.25) is 0 Å². The fourth-order valence-corrected chi connectivity index (χ4v) is 2.93. The Labute approximate surface area is 126 Å². The Balaban J connectivity index is 2.12. The number of hydrogen-bond acceptors (Lipinski definition) is 5. The quantitative estimate of drug-likeness (QED) is 0.671. The predicted molar refractivity (Wildman–Crippen MR) is 78.3 cm³/mol. The van der Waals surface area contributed by atoms with Gasteiger partial charge in [0, 0.05) is 10.6 Å². The number of alkyl halides is 3. The van der Waals surface area contributed by atoms with Crippen LogP contribution in [0.4, 0.5) is 18.9 Å². The van der Waals surface area contributed by atoms with Gasteiger partial charge in [0.05, 0.1) is 5.69 Å². The van der Waals surface area contributed by atoms with Crippen molar-refractivity contribution in [1.82, 2.24) is 9.59 Å². The summed E-state index contributed by atoms with van der Waals surface area (Å²) in [7, 11) is 0. The minimum atomic E-state index is -4.31. The largest absolute Gasteiger partial charge is 0.446 e. The Morgan fingerprint density at radius 2 is 2.15 bits per heavy atom. The molecule has 20 heavy (non-hydrogen) atoms. The summed E-state index contributed by atoms with van der Waals surface area (Å²) in [5.41, 5.74) is -3.12. The molecule has 0 unspecified atom stereocenters. The van der Waals surface area contributed by atoms with Crippen molar-refractivity contribution in [2.75, 3.05) is 5.32 Å². The molecule has 106 valence electrons. The highest BCUT2D eigenvalue weighted by molar-refractivity contribution is 8.00. The van der Waals surface area contributed by atoms with Gasteiger partial charge in [-0.15, -0.1) is 5.10 Å². The van der Waals surface area contributed by atoms with Crippen molar-refractivity contribution in [3.63, 3.8) is 0 Å². The Morgan fingerprint density at radius 1 is 1.40 bits per heavy atom. The second-order valence-corrected chi connectivity index (χ2v) is 6.02. The number of aryl methyl sites for hydroxylation is 1. The zero-order chi connectivity index (χ0) is 14.8. The van der Waals surface area contributed by atoms with Gasteiger partial charge in [0.1, 0.15) is 9.87 Å². The van der Waals surface area contributed by atoms with Crippen LogP contribution in [0.1, 0.15) is 10.6 Å². The topological polar surface area (TPSA) is 37.8 Å². The smallest absolute Gasteiger partial charge is 0.345 e. The van der Waals surface area contributed by atoms with Crippen molar-refractivity contribution in [3.8, 4) is 0 Å². The summed E-state index contributed by atoms with van der Waals surface area (Å²) in [6.45, 7) is 1.77. The fourth-order valence-electron chi connectivity index (χ4n) is 1.40. The molecule has 0 saturated heterocycles. The molecule has 0 fully saturated rings. The van der Waals surface area contributed by atoms with Crippen LogP contribution in [0.2, 0.25) is 0 Å². The van der Waals surface area contributed by atoms with E-state index in [0.29, 0.717) is 21.2 Å². The molecular formula is C11H8F3N3S3. The highest BCUT2D eigenvalue weighted by Gasteiger charge is 2.29. The Kier molecular flexibility index (Phi) is 4.61. The van der Waals surface area contributed by atoms with Gasteiger partial charge in [0.25, 0.3) is 0 Å². The van der Waals surface area contributed by atoms with E-state index in [-0.39, 0.29) is 16.7 Å². The van der Waals surface area contributed by atoms with Gasteiger partial charge >= 0.3 is 5.51 Å². The standard InChI is InChI=1S/C11H8F3N3S3/c1-6-9(20-17-16-6)10(18)15-7-3-2-4-8(5-7)19-11(12,13)14/h2-5H,1H3,(H,15,18). The first-order chi connectivity index (χ1) is 9.35. The van der Waals surface area contributed by atoms with Gasteiger partial charge in [-0.1, -0.05) is 22.8 Å². The highest BCUT2D eigenvalue weighted by Crippen LogP contribution is 2.37. The van der Waals surface area contributed by atoms with Gasteiger partial charge < -0.3 is 5.32 Å². The molecule has 0 atom stereocenters. The summed E-state index contributed by atoms with van der Waals surface area (Å²) >= 11 is 6.17. The van der Waals surface area contributed by atoms with Gasteiger partial charge in [-0.2, -0.15) is 13.2 Å². The molecule has 0 aliphatic carbocycles. The summed E-state index contributed by atoms with van der Waals surface area (Å²) in [6.07, 6.45) is 0. The molecule has 9 heteroatoms. The van der Waals surface area contributed by atoms with Crippen molar-refractivity contribution in [2.24, 2.45) is 0 Å². The van der Waals surface area contributed by atoms with Crippen LogP contribution in [0.15, 0.2) is 29.2 Å². The Hall–Kier alpha value is -1.19. The predicted octanol–water partition coefficient (Wildman–Crippen LogP) is 4.25. The summed E-state index contributed by atoms with van der Waals surface area (Å²) in [5.74, 6) is 0. The molecule has 0 bridgehead atoms. The number of thiocarbonyl (C=S) groups is 1. The van der Waals surface area contributed by atoms with Crippen LogP contribution in [0.5, 0.6) is 0 Å². The van der Waals surface area contributed by atoms with Crippen LogP contribution in [0, 0.1) is 6.92 Å². The Bertz CT molecular complexity index is 625. The zero-order valence-electron chi connectivity index (χ0n) is 10.1. The number of nitrogens with zero attached hydrogens (tertiary/aromatic N) is 2. The van der Waals surface area contributed by atoms with E-state index >= 15 is 0 Å². The van der Waals surface area contributed by atoms with Crippen molar-refractivity contribution in [2.45, 2.75) is 17.3 Å². The number of hydrogen-bond donors (Lipinski definition) is 1. The first kappa shape index (κ1) is 15.2. The third-order valence-electron chi connectivity index (χ3n) is 2.18. The van der Waals surface area contributed by atoms with Gasteiger partial charge in [0.15, 0.2) is 0 Å². The Morgan fingerprint density at radius 3 is 2.75 bits per heavy atom. The molecule has 0 saturated carbocycles. The van der Waals surface area contributed by atoms with Crippen LogP contribution >= 0.6 is 35.5 Å². The molecule has 1 heterocycles. The van der Waals surface area contributed by atoms with E-state index in [4.69, 9.17) is 12.2 Å². The maximum atomic E-state index is 12.3. The first-order valence-electron chi connectivity index (χ1n) is 5.31. The second kappa shape index (κ2) is 6.06. The maximum absolute atomic E-state index is 12.3. The lowest BCUT2D eigenvalue weighted by Gasteiger charge is -2.09. The lowest BCUT2D eigenvalue weighted by atomic mass is 10.3. The van der Waals surface area contributed by atoms with E-state index in [2.05, 4.69) is 14.9 Å². The molecule has 0 spiro atoms. The van der Waals surface area contributed by atoms with Crippen LogP contribution in [0.25, 0.3) is 0 Å². The minimum Gasteiger partial charge on any atom is -0.345 e. The molecule has 0 radical (unpaired) electrons. The van der Waals surface area contributed by atoms with Crippen molar-refractivity contribution in [3.05, 3.63) is 34.8 Å². The molecule has 3 nitrogen and oxygen atoms in total. The summed E-state index contributed by atoms with van der Waals surface area (Å²) in [5, 5.41) is 6.73. The molecule has 0 aliphatic rings. The monoisotopic (exact) mass is 335 g/mol. The maximum Gasteiger partial charge on any atom is 0.446 e. The van der Waals surface area contributed by atoms with E-state index in [9.17, 15) is 13.2 Å². The van der Waals surface area contributed by atoms with Crippen molar-refractivity contribution in [1.29, 1.82) is 0 Å². The number of rotatable bonds is 3. The summed E-state index contributed by atoms with van der Waals surface area (Å²) in [4.78, 5) is 1.20. The van der Waals surface area contributed by atoms with Crippen molar-refractivity contribution < 1.29 is 13.2 Å². The van der Waals surface area contributed by atoms with Crippen LogP contribution < -0.4 is 5.32 Å². The number of thioether (sulfide) groups is 1. The average Bonchev–Trinajstić information content (AvgIpc) is 2.73. The minimum absolute atomic E-state index is 0.101. The third kappa shape index (κ3) is 4.15. The molecule has 1 aromatic heterocycles. The molecule has 1 N–H and O–H groups in total. The molecular weight excluding hydrogens is 327 g/mol. The van der Waals surface area contributed by atoms with E-state index in [0.717, 1.165) is 11.5 Å². The SMILES string of the molecule is Cc1nnsc1C(=S)Nc1cccc(SC(F)(F)F)c1. The fraction of sp³-hybridized carbons (Fsp3) is 0.182. The average molecular weight is 335 g/mol. The van der Waals surface area contributed by atoms with Gasteiger partial charge in [0.2, 0.25) is 0 Å². The van der Waals surface area contributed by atoms with E-state index in [1.165, 1.54) is 18.2 Å². The molecule has 0 amide bonds. The van der Waals surface area contributed by atoms with E-state index in [1.807, 2.05) is 0 Å². The van der Waals surface area contributed by atoms with Gasteiger partial charge in [-0.25, -0.2) is 0 Å². The zero-order valence-corrected chi connectivity index (χ0v) is 12.5. The number of benzene rings is 1. The molecule has 2 rings (SSSR count). The number of halogens is 3. The van der Waals surface area contributed by atoms with E-state index in [1.54, 1.807) is 13.0 Å². The van der Waals surface area contributed by atoms with Crippen LogP contribution in [0.3, 0.4) is 0 Å². The highest BCUT2D eigenvalue weighted by atomic mass is 32.2. The second-order valence-electron chi connectivity index (χ2n) is 3.72. The van der Waals surface area contributed by atoms with E-state index < -0.39 is 5.51 Å². The number of aromatic nitrogens is 2. The molecule has 1 aromatic carbocycles. The van der Waals surface area contributed by atoms with Crippen LogP contribution in [-0.2, 0) is 0 Å².